The van der Waals surface area contributed by atoms with Gasteiger partial charge in [-0.05, 0) is 79.2 Å². The number of piperidine rings is 1. The van der Waals surface area contributed by atoms with E-state index in [4.69, 9.17) is 18.9 Å². The summed E-state index contributed by atoms with van der Waals surface area (Å²) in [7, 11) is 3.36. The first kappa shape index (κ1) is 28.2. The molecule has 3 saturated heterocycles. The minimum Gasteiger partial charge on any atom is -0.497 e. The van der Waals surface area contributed by atoms with Crippen LogP contribution in [0, 0.1) is 5.92 Å². The summed E-state index contributed by atoms with van der Waals surface area (Å²) in [5.41, 5.74) is 3.72. The second-order valence-electron chi connectivity index (χ2n) is 11.6. The largest absolute Gasteiger partial charge is 0.497 e. The molecule has 6 rings (SSSR count). The topological polar surface area (TPSA) is 63.6 Å². The molecule has 3 aromatic carbocycles. The lowest BCUT2D eigenvalue weighted by Gasteiger charge is -2.49. The van der Waals surface area contributed by atoms with E-state index < -0.39 is 6.10 Å². The number of benzene rings is 3. The van der Waals surface area contributed by atoms with Crippen molar-refractivity contribution in [3.8, 4) is 11.5 Å². The number of methoxy groups -OCH3 is 2. The van der Waals surface area contributed by atoms with Gasteiger partial charge in [-0.3, -0.25) is 9.80 Å². The maximum absolute atomic E-state index is 12.1. The van der Waals surface area contributed by atoms with Crippen LogP contribution in [0.3, 0.4) is 0 Å². The quantitative estimate of drug-likeness (QED) is 0.393. The van der Waals surface area contributed by atoms with E-state index >= 15 is 0 Å². The Kier molecular flexibility index (Phi) is 8.89. The molecule has 3 fully saturated rings. The van der Waals surface area contributed by atoms with E-state index in [0.29, 0.717) is 25.6 Å². The first-order valence-corrected chi connectivity index (χ1v) is 14.8. The maximum atomic E-state index is 12.1. The van der Waals surface area contributed by atoms with Crippen LogP contribution in [0.15, 0.2) is 78.9 Å². The summed E-state index contributed by atoms with van der Waals surface area (Å²) in [6.07, 6.45) is 2.17. The van der Waals surface area contributed by atoms with Crippen LogP contribution in [0.25, 0.3) is 0 Å². The summed E-state index contributed by atoms with van der Waals surface area (Å²) < 4.78 is 23.4. The fraction of sp³-hybridized carbons (Fsp3) is 0.471. The van der Waals surface area contributed by atoms with Crippen molar-refractivity contribution < 1.29 is 24.1 Å². The standard InChI is InChI=1S/C34H42N2O5/c1-38-28-12-8-26(9-13-28)21-36(22-27-10-14-29(39-2)15-11-27)31-30-23-40-34(41-30)32(33(31)37)35-18-16-25(17-19-35)20-24-6-4-3-5-7-24/h3-15,25,30-34,37H,16-23H2,1-2H3/t30-,31-,32-,33+,34-/m1/s1. The number of likely N-dealkylation sites (tertiary alicyclic amines) is 1. The van der Waals surface area contributed by atoms with Gasteiger partial charge in [-0.2, -0.15) is 0 Å². The van der Waals surface area contributed by atoms with Gasteiger partial charge in [-0.25, -0.2) is 0 Å². The highest BCUT2D eigenvalue weighted by molar-refractivity contribution is 5.29. The van der Waals surface area contributed by atoms with Crippen LogP contribution >= 0.6 is 0 Å². The molecule has 0 unspecified atom stereocenters. The number of hydrogen-bond acceptors (Lipinski definition) is 7. The summed E-state index contributed by atoms with van der Waals surface area (Å²) in [4.78, 5) is 4.78. The van der Waals surface area contributed by atoms with Crippen molar-refractivity contribution in [3.05, 3.63) is 95.6 Å². The van der Waals surface area contributed by atoms with Crippen LogP contribution in [-0.2, 0) is 29.0 Å². The normalized spacial score (nSPS) is 26.8. The van der Waals surface area contributed by atoms with Crippen molar-refractivity contribution in [3.63, 3.8) is 0 Å². The molecule has 0 aromatic heterocycles. The van der Waals surface area contributed by atoms with Crippen LogP contribution < -0.4 is 9.47 Å². The minimum absolute atomic E-state index is 0.182. The fourth-order valence-electron chi connectivity index (χ4n) is 6.82. The van der Waals surface area contributed by atoms with Crippen LogP contribution in [-0.4, -0.2) is 79.4 Å². The number of hydrogen-bond donors (Lipinski definition) is 1. The molecule has 2 bridgehead atoms. The maximum Gasteiger partial charge on any atom is 0.176 e. The number of aliphatic hydroxyl groups excluding tert-OH is 1. The third-order valence-electron chi connectivity index (χ3n) is 9.04. The summed E-state index contributed by atoms with van der Waals surface area (Å²) in [5, 5.41) is 12.1. The van der Waals surface area contributed by atoms with Gasteiger partial charge in [0.15, 0.2) is 6.29 Å². The molecule has 0 amide bonds. The summed E-state index contributed by atoms with van der Waals surface area (Å²) >= 11 is 0. The molecule has 1 N–H and O–H groups in total. The van der Waals surface area contributed by atoms with E-state index in [9.17, 15) is 5.11 Å². The summed E-state index contributed by atoms with van der Waals surface area (Å²) in [5.74, 6) is 2.32. The molecule has 3 aliphatic rings. The van der Waals surface area contributed by atoms with Crippen LogP contribution in [0.5, 0.6) is 11.5 Å². The van der Waals surface area contributed by atoms with Crippen LogP contribution in [0.4, 0.5) is 0 Å². The SMILES string of the molecule is COc1ccc(CN(Cc2ccc(OC)cc2)[C@H]2[C@H](O)[C@@H](N3CCC(Cc4ccccc4)CC3)[C@@H]3OC[C@H]2O3)cc1. The van der Waals surface area contributed by atoms with E-state index in [1.807, 2.05) is 24.3 Å². The third-order valence-corrected chi connectivity index (χ3v) is 9.04. The minimum atomic E-state index is -0.594. The summed E-state index contributed by atoms with van der Waals surface area (Å²) in [6, 6.07) is 26.7. The van der Waals surface area contributed by atoms with Crippen molar-refractivity contribution in [1.82, 2.24) is 9.80 Å². The van der Waals surface area contributed by atoms with Gasteiger partial charge in [-0.1, -0.05) is 54.6 Å². The second-order valence-corrected chi connectivity index (χ2v) is 11.6. The Labute approximate surface area is 243 Å². The molecular weight excluding hydrogens is 516 g/mol. The molecule has 0 aliphatic carbocycles. The fourth-order valence-corrected chi connectivity index (χ4v) is 6.82. The van der Waals surface area contributed by atoms with Gasteiger partial charge in [0, 0.05) is 13.1 Å². The molecule has 3 aromatic rings. The lowest BCUT2D eigenvalue weighted by atomic mass is 9.87. The molecule has 5 atom stereocenters. The highest BCUT2D eigenvalue weighted by Crippen LogP contribution is 2.37. The molecular formula is C34H42N2O5. The average Bonchev–Trinajstić information content (AvgIpc) is 3.43. The van der Waals surface area contributed by atoms with E-state index in [1.165, 1.54) is 5.56 Å². The van der Waals surface area contributed by atoms with E-state index in [-0.39, 0.29) is 24.5 Å². The monoisotopic (exact) mass is 558 g/mol. The van der Waals surface area contributed by atoms with Crippen molar-refractivity contribution in [2.45, 2.75) is 62.9 Å². The molecule has 0 radical (unpaired) electrons. The zero-order valence-corrected chi connectivity index (χ0v) is 24.1. The first-order chi connectivity index (χ1) is 20.1. The third kappa shape index (κ3) is 6.45. The second kappa shape index (κ2) is 12.9. The van der Waals surface area contributed by atoms with Gasteiger partial charge in [-0.15, -0.1) is 0 Å². The number of nitrogens with zero attached hydrogens (tertiary/aromatic N) is 2. The van der Waals surface area contributed by atoms with Gasteiger partial charge >= 0.3 is 0 Å². The number of rotatable bonds is 10. The molecule has 7 nitrogen and oxygen atoms in total. The Morgan fingerprint density at radius 1 is 0.805 bits per heavy atom. The van der Waals surface area contributed by atoms with Crippen molar-refractivity contribution in [2.75, 3.05) is 33.9 Å². The Morgan fingerprint density at radius 2 is 1.39 bits per heavy atom. The lowest BCUT2D eigenvalue weighted by Crippen LogP contribution is -2.65. The van der Waals surface area contributed by atoms with Gasteiger partial charge < -0.3 is 24.1 Å². The molecule has 0 spiro atoms. The number of fused-ring (bicyclic) bond motifs is 2. The van der Waals surface area contributed by atoms with Crippen LogP contribution in [0.2, 0.25) is 0 Å². The predicted molar refractivity (Wildman–Crippen MR) is 158 cm³/mol. The van der Waals surface area contributed by atoms with E-state index in [1.54, 1.807) is 14.2 Å². The lowest BCUT2D eigenvalue weighted by molar-refractivity contribution is -0.203. The highest BCUT2D eigenvalue weighted by Gasteiger charge is 2.54. The average molecular weight is 559 g/mol. The Morgan fingerprint density at radius 3 is 1.95 bits per heavy atom. The first-order valence-electron chi connectivity index (χ1n) is 14.8. The Hall–Kier alpha value is -2.94. The van der Waals surface area contributed by atoms with Gasteiger partial charge in [0.2, 0.25) is 0 Å². The number of aliphatic hydroxyl groups is 1. The van der Waals surface area contributed by atoms with Gasteiger partial charge in [0.05, 0.1) is 39.0 Å². The van der Waals surface area contributed by atoms with Crippen molar-refractivity contribution in [1.29, 1.82) is 0 Å². The number of ether oxygens (including phenoxy) is 4. The zero-order valence-electron chi connectivity index (χ0n) is 24.1. The molecule has 218 valence electrons. The predicted octanol–water partition coefficient (Wildman–Crippen LogP) is 4.51. The van der Waals surface area contributed by atoms with E-state index in [0.717, 1.165) is 55.0 Å². The molecule has 7 heteroatoms. The summed E-state index contributed by atoms with van der Waals surface area (Å²) in [6.45, 7) is 3.73. The zero-order chi connectivity index (χ0) is 28.2. The molecule has 3 heterocycles. The Balaban J connectivity index is 1.20. The van der Waals surface area contributed by atoms with Crippen molar-refractivity contribution >= 4 is 0 Å². The molecule has 41 heavy (non-hydrogen) atoms. The molecule has 3 aliphatic heterocycles. The smallest absolute Gasteiger partial charge is 0.176 e. The van der Waals surface area contributed by atoms with Gasteiger partial charge in [0.1, 0.15) is 17.6 Å². The van der Waals surface area contributed by atoms with Gasteiger partial charge in [0.25, 0.3) is 0 Å². The Bertz CT molecular complexity index is 1180. The van der Waals surface area contributed by atoms with Crippen molar-refractivity contribution in [2.24, 2.45) is 5.92 Å². The van der Waals surface area contributed by atoms with Crippen LogP contribution in [0.1, 0.15) is 29.5 Å². The highest BCUT2D eigenvalue weighted by atomic mass is 16.7. The molecule has 0 saturated carbocycles. The van der Waals surface area contributed by atoms with E-state index in [2.05, 4.69) is 64.4 Å².